The van der Waals surface area contributed by atoms with Crippen molar-refractivity contribution >= 4 is 11.9 Å². The van der Waals surface area contributed by atoms with E-state index in [1.807, 2.05) is 24.3 Å². The molecule has 8 nitrogen and oxygen atoms in total. The molecule has 0 bridgehead atoms. The van der Waals surface area contributed by atoms with Gasteiger partial charge in [0.05, 0.1) is 25.4 Å². The molecule has 1 amide bonds. The normalized spacial score (nSPS) is 21.7. The minimum atomic E-state index is -1.40. The maximum atomic E-state index is 14.0. The number of aromatic nitrogens is 1. The first kappa shape index (κ1) is 27.4. The van der Waals surface area contributed by atoms with Crippen LogP contribution in [-0.4, -0.2) is 58.7 Å². The molecule has 0 saturated carbocycles. The maximum absolute atomic E-state index is 14.0. The summed E-state index contributed by atoms with van der Waals surface area (Å²) >= 11 is 0. The molecule has 1 aliphatic carbocycles. The Kier molecular flexibility index (Phi) is 7.29. The van der Waals surface area contributed by atoms with E-state index in [9.17, 15) is 23.8 Å². The van der Waals surface area contributed by atoms with Crippen LogP contribution in [0, 0.1) is 11.6 Å². The number of hydrogen-bond donors (Lipinski definition) is 2. The maximum Gasteiger partial charge on any atom is 0.411 e. The third-order valence-corrected chi connectivity index (χ3v) is 8.51. The molecule has 216 valence electrons. The van der Waals surface area contributed by atoms with Gasteiger partial charge in [0, 0.05) is 42.3 Å². The summed E-state index contributed by atoms with van der Waals surface area (Å²) in [5.41, 5.74) is 4.64. The predicted octanol–water partition coefficient (Wildman–Crippen LogP) is 5.06. The number of pyridine rings is 1. The summed E-state index contributed by atoms with van der Waals surface area (Å²) in [7, 11) is 1.61. The average Bonchev–Trinajstić information content (AvgIpc) is 3.41. The van der Waals surface area contributed by atoms with E-state index in [1.54, 1.807) is 14.0 Å². The molecule has 3 atom stereocenters. The lowest BCUT2D eigenvalue weighted by molar-refractivity contribution is -0.0497. The number of carbonyl (C=O) groups is 1. The number of aliphatic hydroxyl groups is 2. The Morgan fingerprint density at radius 1 is 1.10 bits per heavy atom. The van der Waals surface area contributed by atoms with Gasteiger partial charge in [0.1, 0.15) is 29.3 Å². The van der Waals surface area contributed by atoms with Gasteiger partial charge < -0.3 is 24.6 Å². The molecule has 41 heavy (non-hydrogen) atoms. The fourth-order valence-corrected chi connectivity index (χ4v) is 6.24. The zero-order valence-electron chi connectivity index (χ0n) is 23.0. The molecule has 3 heterocycles. The Morgan fingerprint density at radius 3 is 2.51 bits per heavy atom. The fraction of sp³-hybridized carbons (Fsp3) is 0.419. The van der Waals surface area contributed by atoms with Crippen LogP contribution in [0.4, 0.5) is 19.4 Å². The van der Waals surface area contributed by atoms with Gasteiger partial charge in [0.25, 0.3) is 0 Å². The first-order chi connectivity index (χ1) is 19.7. The molecule has 2 N–H and O–H groups in total. The number of ether oxygens (including phenoxy) is 2. The number of amides is 1. The molecule has 0 unspecified atom stereocenters. The van der Waals surface area contributed by atoms with Gasteiger partial charge in [-0.15, -0.1) is 0 Å². The Labute approximate surface area is 237 Å². The highest BCUT2D eigenvalue weighted by molar-refractivity contribution is 5.77. The van der Waals surface area contributed by atoms with Crippen LogP contribution in [0.5, 0.6) is 5.75 Å². The summed E-state index contributed by atoms with van der Waals surface area (Å²) in [6, 6.07) is 10.6. The molecule has 0 radical (unpaired) electrons. The number of aliphatic hydroxyl groups excluding tert-OH is 1. The molecular formula is C31H33F2N3O5. The van der Waals surface area contributed by atoms with E-state index < -0.39 is 36.2 Å². The van der Waals surface area contributed by atoms with Gasteiger partial charge in [-0.2, -0.15) is 0 Å². The molecule has 2 aromatic carbocycles. The van der Waals surface area contributed by atoms with E-state index in [2.05, 4.69) is 4.90 Å². The van der Waals surface area contributed by atoms with Gasteiger partial charge in [0.15, 0.2) is 6.29 Å². The van der Waals surface area contributed by atoms with Crippen molar-refractivity contribution in [1.29, 1.82) is 0 Å². The van der Waals surface area contributed by atoms with Crippen LogP contribution in [0.2, 0.25) is 0 Å². The highest BCUT2D eigenvalue weighted by Crippen LogP contribution is 2.44. The first-order valence-electron chi connectivity index (χ1n) is 14.0. The topological polar surface area (TPSA) is 95.4 Å². The van der Waals surface area contributed by atoms with E-state index in [-0.39, 0.29) is 24.4 Å². The summed E-state index contributed by atoms with van der Waals surface area (Å²) in [5.74, 6) is 0.0129. The molecule has 0 spiro atoms. The number of rotatable bonds is 8. The number of nitrogens with zero attached hydrogens (tertiary/aromatic N) is 3. The van der Waals surface area contributed by atoms with Crippen molar-refractivity contribution in [2.75, 3.05) is 25.1 Å². The third-order valence-electron chi connectivity index (χ3n) is 8.51. The summed E-state index contributed by atoms with van der Waals surface area (Å²) in [5, 5.41) is 19.3. The van der Waals surface area contributed by atoms with Gasteiger partial charge in [-0.05, 0) is 79.6 Å². The second-order valence-electron chi connectivity index (χ2n) is 11.1. The van der Waals surface area contributed by atoms with Crippen molar-refractivity contribution in [2.24, 2.45) is 0 Å². The van der Waals surface area contributed by atoms with Crippen LogP contribution < -0.4 is 9.64 Å². The SMILES string of the molecule is COc1cc2c(cc1-c1ccc(N3CCC3)nc1CN1C(=O)O[C@H](c3cc(F)cc(F)c3)[C@@H]1C)[C@H](CC(O)O)CC2. The minimum Gasteiger partial charge on any atom is -0.496 e. The summed E-state index contributed by atoms with van der Waals surface area (Å²) < 4.78 is 39.3. The number of carbonyl (C=O) groups excluding carboxylic acids is 1. The van der Waals surface area contributed by atoms with Crippen LogP contribution in [0.25, 0.3) is 11.1 Å². The molecule has 3 aliphatic rings. The summed E-state index contributed by atoms with van der Waals surface area (Å²) in [6.45, 7) is 3.70. The number of hydrogen-bond acceptors (Lipinski definition) is 7. The van der Waals surface area contributed by atoms with Gasteiger partial charge >= 0.3 is 6.09 Å². The molecule has 2 aliphatic heterocycles. The van der Waals surface area contributed by atoms with Crippen LogP contribution in [0.1, 0.15) is 60.6 Å². The van der Waals surface area contributed by atoms with Crippen molar-refractivity contribution in [3.05, 3.63) is 76.5 Å². The number of fused-ring (bicyclic) bond motifs is 1. The van der Waals surface area contributed by atoms with Crippen LogP contribution in [0.15, 0.2) is 42.5 Å². The number of anilines is 1. The smallest absolute Gasteiger partial charge is 0.411 e. The zero-order valence-corrected chi connectivity index (χ0v) is 23.0. The number of aryl methyl sites for hydroxylation is 1. The molecule has 3 aromatic rings. The summed E-state index contributed by atoms with van der Waals surface area (Å²) in [6.07, 6.45) is 0.140. The number of halogens is 2. The standard InChI is InChI=1S/C31H33F2N3O5/c1-17-30(20-10-21(32)14-22(33)11-20)41-31(39)36(17)16-26-23(6-7-28(34-26)35-8-3-9-35)25-15-24-18(12-27(25)40-2)4-5-19(24)13-29(37)38/h6-7,10-12,14-15,17,19,29-30,37-38H,3-5,8-9,13,16H2,1-2H3/t17-,19-,30-/m0/s1. The Balaban J connectivity index is 1.39. The lowest BCUT2D eigenvalue weighted by Gasteiger charge is -2.33. The molecule has 2 saturated heterocycles. The average molecular weight is 566 g/mol. The molecular weight excluding hydrogens is 532 g/mol. The number of cyclic esters (lactones) is 1. The number of benzene rings is 2. The molecule has 10 heteroatoms. The molecule has 1 aromatic heterocycles. The van der Waals surface area contributed by atoms with Crippen molar-refractivity contribution in [3.8, 4) is 16.9 Å². The van der Waals surface area contributed by atoms with Crippen molar-refractivity contribution < 1.29 is 33.3 Å². The fourth-order valence-electron chi connectivity index (χ4n) is 6.24. The van der Waals surface area contributed by atoms with Crippen LogP contribution in [0.3, 0.4) is 0 Å². The number of methoxy groups -OCH3 is 1. The van der Waals surface area contributed by atoms with Crippen LogP contribution >= 0.6 is 0 Å². The van der Waals surface area contributed by atoms with Crippen molar-refractivity contribution in [1.82, 2.24) is 9.88 Å². The van der Waals surface area contributed by atoms with E-state index in [1.165, 1.54) is 17.0 Å². The lowest BCUT2D eigenvalue weighted by atomic mass is 9.92. The second kappa shape index (κ2) is 10.9. The van der Waals surface area contributed by atoms with E-state index in [0.29, 0.717) is 11.4 Å². The van der Waals surface area contributed by atoms with E-state index in [4.69, 9.17) is 14.5 Å². The monoisotopic (exact) mass is 565 g/mol. The Bertz CT molecular complexity index is 1460. The second-order valence-corrected chi connectivity index (χ2v) is 11.1. The predicted molar refractivity (Wildman–Crippen MR) is 148 cm³/mol. The molecule has 2 fully saturated rings. The van der Waals surface area contributed by atoms with E-state index >= 15 is 0 Å². The largest absolute Gasteiger partial charge is 0.496 e. The summed E-state index contributed by atoms with van der Waals surface area (Å²) in [4.78, 5) is 21.8. The van der Waals surface area contributed by atoms with Gasteiger partial charge in [-0.25, -0.2) is 18.6 Å². The molecule has 6 rings (SSSR count). The van der Waals surface area contributed by atoms with Gasteiger partial charge in [-0.3, -0.25) is 4.90 Å². The third kappa shape index (κ3) is 5.22. The zero-order chi connectivity index (χ0) is 28.8. The Morgan fingerprint density at radius 2 is 1.85 bits per heavy atom. The highest BCUT2D eigenvalue weighted by Gasteiger charge is 2.41. The quantitative estimate of drug-likeness (QED) is 0.369. The van der Waals surface area contributed by atoms with E-state index in [0.717, 1.165) is 66.5 Å². The lowest BCUT2D eigenvalue weighted by Crippen LogP contribution is -2.38. The van der Waals surface area contributed by atoms with Gasteiger partial charge in [-0.1, -0.05) is 0 Å². The first-order valence-corrected chi connectivity index (χ1v) is 14.0. The minimum absolute atomic E-state index is 0.00688. The highest BCUT2D eigenvalue weighted by atomic mass is 19.1. The van der Waals surface area contributed by atoms with Gasteiger partial charge in [0.2, 0.25) is 0 Å². The Hall–Kier alpha value is -3.76. The van der Waals surface area contributed by atoms with Crippen molar-refractivity contribution in [2.45, 2.75) is 63.5 Å². The van der Waals surface area contributed by atoms with Crippen LogP contribution in [-0.2, 0) is 17.7 Å². The van der Waals surface area contributed by atoms with Crippen molar-refractivity contribution in [3.63, 3.8) is 0 Å².